The molecule has 2 fully saturated rings. The van der Waals surface area contributed by atoms with E-state index in [9.17, 15) is 9.59 Å². The Balaban J connectivity index is 1.37. The van der Waals surface area contributed by atoms with Gasteiger partial charge in [-0.1, -0.05) is 12.8 Å². The van der Waals surface area contributed by atoms with Crippen LogP contribution in [0.25, 0.3) is 0 Å². The molecule has 30 heavy (non-hydrogen) atoms. The van der Waals surface area contributed by atoms with E-state index in [1.165, 1.54) is 0 Å². The van der Waals surface area contributed by atoms with Crippen molar-refractivity contribution < 1.29 is 28.5 Å². The molecule has 0 aromatic carbocycles. The Morgan fingerprint density at radius 2 is 1.03 bits per heavy atom. The van der Waals surface area contributed by atoms with Crippen LogP contribution in [0.3, 0.4) is 0 Å². The fourth-order valence-electron chi connectivity index (χ4n) is 3.46. The first-order valence-corrected chi connectivity index (χ1v) is 11.4. The highest BCUT2D eigenvalue weighted by atomic mass is 16.5. The predicted octanol–water partition coefficient (Wildman–Crippen LogP) is 1.63. The Morgan fingerprint density at radius 1 is 0.633 bits per heavy atom. The minimum absolute atomic E-state index is 0.368. The Kier molecular flexibility index (Phi) is 13.4. The number of rotatable bonds is 14. The maximum Gasteiger partial charge on any atom is 0.331 e. The molecule has 2 heterocycles. The standard InChI is InChI=1S/C22H38N2O6/c25-21(29-15-5-2-1-3-9-23-11-17-27-18-12-23)7-8-22(26)30-16-6-4-10-24-13-19-28-20-14-24/h7-8H,1-6,9-20H2/b8-7+. The van der Waals surface area contributed by atoms with E-state index in [2.05, 4.69) is 9.80 Å². The molecule has 2 aliphatic rings. The first kappa shape index (κ1) is 24.8. The lowest BCUT2D eigenvalue weighted by Gasteiger charge is -2.26. The molecule has 0 radical (unpaired) electrons. The number of morpholine rings is 2. The average Bonchev–Trinajstić information content (AvgIpc) is 2.78. The molecule has 172 valence electrons. The fraction of sp³-hybridized carbons (Fsp3) is 0.818. The summed E-state index contributed by atoms with van der Waals surface area (Å²) in [5.74, 6) is -0.992. The monoisotopic (exact) mass is 426 g/mol. The molecule has 2 rings (SSSR count). The molecule has 2 saturated heterocycles. The zero-order valence-corrected chi connectivity index (χ0v) is 18.2. The number of nitrogens with zero attached hydrogens (tertiary/aromatic N) is 2. The predicted molar refractivity (Wildman–Crippen MR) is 113 cm³/mol. The van der Waals surface area contributed by atoms with Gasteiger partial charge in [0.15, 0.2) is 0 Å². The van der Waals surface area contributed by atoms with E-state index in [0.29, 0.717) is 13.2 Å². The summed E-state index contributed by atoms with van der Waals surface area (Å²) in [5, 5.41) is 0. The highest BCUT2D eigenvalue weighted by Crippen LogP contribution is 2.05. The van der Waals surface area contributed by atoms with E-state index in [4.69, 9.17) is 18.9 Å². The number of carbonyl (C=O) groups is 2. The Labute approximate surface area is 180 Å². The summed E-state index contributed by atoms with van der Waals surface area (Å²) in [5.41, 5.74) is 0. The van der Waals surface area contributed by atoms with Gasteiger partial charge in [0, 0.05) is 38.3 Å². The van der Waals surface area contributed by atoms with Crippen molar-refractivity contribution >= 4 is 11.9 Å². The molecule has 0 bridgehead atoms. The zero-order valence-electron chi connectivity index (χ0n) is 18.2. The van der Waals surface area contributed by atoms with E-state index in [1.807, 2.05) is 0 Å². The third-order valence-corrected chi connectivity index (χ3v) is 5.29. The highest BCUT2D eigenvalue weighted by Gasteiger charge is 2.10. The molecular formula is C22H38N2O6. The van der Waals surface area contributed by atoms with Crippen LogP contribution < -0.4 is 0 Å². The van der Waals surface area contributed by atoms with Gasteiger partial charge < -0.3 is 18.9 Å². The lowest BCUT2D eigenvalue weighted by atomic mass is 10.2. The highest BCUT2D eigenvalue weighted by molar-refractivity contribution is 5.91. The lowest BCUT2D eigenvalue weighted by Crippen LogP contribution is -2.36. The quantitative estimate of drug-likeness (QED) is 0.236. The van der Waals surface area contributed by atoms with Crippen LogP contribution >= 0.6 is 0 Å². The molecular weight excluding hydrogens is 388 g/mol. The van der Waals surface area contributed by atoms with Crippen LogP contribution in [-0.2, 0) is 28.5 Å². The number of unbranched alkanes of at least 4 members (excludes halogenated alkanes) is 4. The van der Waals surface area contributed by atoms with Crippen molar-refractivity contribution in [3.05, 3.63) is 12.2 Å². The van der Waals surface area contributed by atoms with Crippen molar-refractivity contribution in [1.82, 2.24) is 9.80 Å². The van der Waals surface area contributed by atoms with Crippen molar-refractivity contribution in [3.8, 4) is 0 Å². The molecule has 2 aliphatic heterocycles. The summed E-state index contributed by atoms with van der Waals surface area (Å²) in [7, 11) is 0. The molecule has 0 spiro atoms. The number of esters is 2. The molecule has 0 aliphatic carbocycles. The van der Waals surface area contributed by atoms with Gasteiger partial charge in [0.1, 0.15) is 0 Å². The lowest BCUT2D eigenvalue weighted by molar-refractivity contribution is -0.140. The van der Waals surface area contributed by atoms with Crippen LogP contribution in [0.1, 0.15) is 38.5 Å². The summed E-state index contributed by atoms with van der Waals surface area (Å²) < 4.78 is 20.9. The minimum Gasteiger partial charge on any atom is -0.463 e. The van der Waals surface area contributed by atoms with E-state index in [-0.39, 0.29) is 0 Å². The summed E-state index contributed by atoms with van der Waals surface area (Å²) in [6.45, 7) is 10.1. The largest absolute Gasteiger partial charge is 0.463 e. The second kappa shape index (κ2) is 16.2. The Morgan fingerprint density at radius 3 is 1.53 bits per heavy atom. The van der Waals surface area contributed by atoms with Gasteiger partial charge in [-0.15, -0.1) is 0 Å². The van der Waals surface area contributed by atoms with Crippen LogP contribution in [0.5, 0.6) is 0 Å². The van der Waals surface area contributed by atoms with Gasteiger partial charge >= 0.3 is 11.9 Å². The van der Waals surface area contributed by atoms with Crippen molar-refractivity contribution in [2.75, 3.05) is 78.9 Å². The molecule has 0 amide bonds. The van der Waals surface area contributed by atoms with Gasteiger partial charge in [-0.2, -0.15) is 0 Å². The van der Waals surface area contributed by atoms with E-state index in [1.54, 1.807) is 0 Å². The summed E-state index contributed by atoms with van der Waals surface area (Å²) >= 11 is 0. The van der Waals surface area contributed by atoms with Crippen molar-refractivity contribution in [3.63, 3.8) is 0 Å². The van der Waals surface area contributed by atoms with Gasteiger partial charge in [-0.25, -0.2) is 9.59 Å². The molecule has 8 heteroatoms. The molecule has 8 nitrogen and oxygen atoms in total. The minimum atomic E-state index is -0.499. The van der Waals surface area contributed by atoms with Gasteiger partial charge in [0.05, 0.1) is 39.6 Å². The van der Waals surface area contributed by atoms with Crippen LogP contribution in [0.2, 0.25) is 0 Å². The average molecular weight is 427 g/mol. The SMILES string of the molecule is O=C(/C=C/C(=O)OCCCCN1CCOCC1)OCCCCCCN1CCOCC1. The van der Waals surface area contributed by atoms with Crippen molar-refractivity contribution in [1.29, 1.82) is 0 Å². The summed E-state index contributed by atoms with van der Waals surface area (Å²) in [6, 6.07) is 0. The van der Waals surface area contributed by atoms with Gasteiger partial charge in [0.25, 0.3) is 0 Å². The maximum absolute atomic E-state index is 11.6. The van der Waals surface area contributed by atoms with Crippen LogP contribution in [0.4, 0.5) is 0 Å². The second-order valence-corrected chi connectivity index (χ2v) is 7.70. The van der Waals surface area contributed by atoms with E-state index >= 15 is 0 Å². The van der Waals surface area contributed by atoms with Gasteiger partial charge in [-0.3, -0.25) is 9.80 Å². The van der Waals surface area contributed by atoms with Gasteiger partial charge in [0.2, 0.25) is 0 Å². The van der Waals surface area contributed by atoms with Crippen LogP contribution in [0, 0.1) is 0 Å². The number of carbonyl (C=O) groups excluding carboxylic acids is 2. The molecule has 0 atom stereocenters. The first-order valence-electron chi connectivity index (χ1n) is 11.4. The molecule has 0 unspecified atom stereocenters. The third kappa shape index (κ3) is 12.3. The van der Waals surface area contributed by atoms with Crippen molar-refractivity contribution in [2.24, 2.45) is 0 Å². The second-order valence-electron chi connectivity index (χ2n) is 7.70. The number of hydrogen-bond acceptors (Lipinski definition) is 8. The smallest absolute Gasteiger partial charge is 0.331 e. The summed E-state index contributed by atoms with van der Waals surface area (Å²) in [4.78, 5) is 28.1. The normalized spacial score (nSPS) is 18.5. The molecule has 0 N–H and O–H groups in total. The molecule has 0 aromatic heterocycles. The maximum atomic E-state index is 11.6. The molecule has 0 aromatic rings. The summed E-state index contributed by atoms with van der Waals surface area (Å²) in [6.07, 6.45) is 8.25. The Hall–Kier alpha value is -1.48. The van der Waals surface area contributed by atoms with E-state index in [0.717, 1.165) is 116 Å². The fourth-order valence-corrected chi connectivity index (χ4v) is 3.46. The number of ether oxygens (including phenoxy) is 4. The number of hydrogen-bond donors (Lipinski definition) is 0. The van der Waals surface area contributed by atoms with Crippen molar-refractivity contribution in [2.45, 2.75) is 38.5 Å². The third-order valence-electron chi connectivity index (χ3n) is 5.29. The molecule has 0 saturated carbocycles. The van der Waals surface area contributed by atoms with Crippen LogP contribution in [-0.4, -0.2) is 101 Å². The zero-order chi connectivity index (χ0) is 21.3. The van der Waals surface area contributed by atoms with Gasteiger partial charge in [-0.05, 0) is 38.8 Å². The van der Waals surface area contributed by atoms with E-state index < -0.39 is 11.9 Å². The topological polar surface area (TPSA) is 77.5 Å². The van der Waals surface area contributed by atoms with Crippen LogP contribution in [0.15, 0.2) is 12.2 Å². The first-order chi connectivity index (χ1) is 14.7. The Bertz CT molecular complexity index is 502.